The molecule has 0 aromatic carbocycles. The van der Waals surface area contributed by atoms with Crippen LogP contribution in [0.4, 0.5) is 11.6 Å². The highest BCUT2D eigenvalue weighted by Crippen LogP contribution is 2.26. The Labute approximate surface area is 126 Å². The lowest BCUT2D eigenvalue weighted by molar-refractivity contribution is -0.119. The van der Waals surface area contributed by atoms with Gasteiger partial charge in [0.2, 0.25) is 5.91 Å². The van der Waals surface area contributed by atoms with Crippen LogP contribution in [-0.2, 0) is 4.79 Å². The van der Waals surface area contributed by atoms with Gasteiger partial charge in [-0.15, -0.1) is 0 Å². The van der Waals surface area contributed by atoms with Crippen molar-refractivity contribution in [2.45, 2.75) is 46.6 Å². The van der Waals surface area contributed by atoms with E-state index in [1.807, 2.05) is 6.92 Å². The molecule has 0 saturated carbocycles. The zero-order valence-corrected chi connectivity index (χ0v) is 13.4. The highest BCUT2D eigenvalue weighted by atomic mass is 16.1. The Bertz CT molecular complexity index is 509. The number of piperidine rings is 1. The molecular formula is C15H25N5O. The number of aromatic nitrogens is 2. The van der Waals surface area contributed by atoms with Crippen molar-refractivity contribution < 1.29 is 4.79 Å². The first-order chi connectivity index (χ1) is 10.0. The molecule has 1 aromatic heterocycles. The third-order valence-corrected chi connectivity index (χ3v) is 3.78. The summed E-state index contributed by atoms with van der Waals surface area (Å²) in [6.07, 6.45) is 1.91. The number of nitrogens with one attached hydrogen (secondary N) is 2. The number of amides is 1. The van der Waals surface area contributed by atoms with Crippen molar-refractivity contribution >= 4 is 17.5 Å². The summed E-state index contributed by atoms with van der Waals surface area (Å²) < 4.78 is 0. The minimum absolute atomic E-state index is 0.0527. The second-order valence-corrected chi connectivity index (χ2v) is 5.56. The maximum absolute atomic E-state index is 11.1. The summed E-state index contributed by atoms with van der Waals surface area (Å²) in [5.41, 5.74) is 1.10. The van der Waals surface area contributed by atoms with Gasteiger partial charge in [0.1, 0.15) is 17.5 Å². The van der Waals surface area contributed by atoms with Gasteiger partial charge in [-0.05, 0) is 33.6 Å². The van der Waals surface area contributed by atoms with E-state index in [1.54, 1.807) is 6.92 Å². The Morgan fingerprint density at radius 2 is 1.95 bits per heavy atom. The molecule has 0 radical (unpaired) electrons. The van der Waals surface area contributed by atoms with E-state index in [2.05, 4.69) is 39.3 Å². The molecule has 1 amide bonds. The Kier molecular flexibility index (Phi) is 4.98. The average molecular weight is 291 g/mol. The van der Waals surface area contributed by atoms with Gasteiger partial charge >= 0.3 is 0 Å². The summed E-state index contributed by atoms with van der Waals surface area (Å²) in [5, 5.41) is 6.30. The van der Waals surface area contributed by atoms with E-state index < -0.39 is 0 Å². The molecule has 6 nitrogen and oxygen atoms in total. The first-order valence-corrected chi connectivity index (χ1v) is 7.62. The molecule has 1 saturated heterocycles. The fraction of sp³-hybridized carbons (Fsp3) is 0.667. The SMILES string of the molecule is CCNc1nc(C)nc(N2CCC(NC(C)=O)CC2)c1C. The molecule has 21 heavy (non-hydrogen) atoms. The van der Waals surface area contributed by atoms with Crippen LogP contribution in [0.2, 0.25) is 0 Å². The lowest BCUT2D eigenvalue weighted by Gasteiger charge is -2.34. The van der Waals surface area contributed by atoms with Crippen molar-refractivity contribution in [1.82, 2.24) is 15.3 Å². The smallest absolute Gasteiger partial charge is 0.217 e. The zero-order valence-electron chi connectivity index (χ0n) is 13.4. The second kappa shape index (κ2) is 6.74. The number of hydrogen-bond acceptors (Lipinski definition) is 5. The quantitative estimate of drug-likeness (QED) is 0.882. The minimum Gasteiger partial charge on any atom is -0.370 e. The van der Waals surface area contributed by atoms with Crippen molar-refractivity contribution in [3.8, 4) is 0 Å². The molecule has 0 spiro atoms. The highest BCUT2D eigenvalue weighted by Gasteiger charge is 2.23. The Hall–Kier alpha value is -1.85. The third kappa shape index (κ3) is 3.83. The topological polar surface area (TPSA) is 70.2 Å². The number of carbonyl (C=O) groups is 1. The molecule has 1 aromatic rings. The average Bonchev–Trinajstić information content (AvgIpc) is 2.43. The predicted molar refractivity (Wildman–Crippen MR) is 84.7 cm³/mol. The zero-order chi connectivity index (χ0) is 15.4. The molecule has 1 aliphatic rings. The van der Waals surface area contributed by atoms with Crippen LogP contribution in [0.5, 0.6) is 0 Å². The van der Waals surface area contributed by atoms with Gasteiger partial charge < -0.3 is 15.5 Å². The fourth-order valence-corrected chi connectivity index (χ4v) is 2.78. The molecule has 2 heterocycles. The van der Waals surface area contributed by atoms with Crippen molar-refractivity contribution in [1.29, 1.82) is 0 Å². The fourth-order valence-electron chi connectivity index (χ4n) is 2.78. The number of hydrogen-bond donors (Lipinski definition) is 2. The number of anilines is 2. The minimum atomic E-state index is 0.0527. The number of rotatable bonds is 4. The van der Waals surface area contributed by atoms with Gasteiger partial charge in [0.15, 0.2) is 0 Å². The number of aryl methyl sites for hydroxylation is 1. The van der Waals surface area contributed by atoms with Crippen LogP contribution < -0.4 is 15.5 Å². The van der Waals surface area contributed by atoms with Crippen molar-refractivity contribution in [3.63, 3.8) is 0 Å². The Morgan fingerprint density at radius 1 is 1.29 bits per heavy atom. The lowest BCUT2D eigenvalue weighted by Crippen LogP contribution is -2.44. The lowest BCUT2D eigenvalue weighted by atomic mass is 10.0. The van der Waals surface area contributed by atoms with E-state index in [0.717, 1.165) is 55.5 Å². The number of carbonyl (C=O) groups excluding carboxylic acids is 1. The molecule has 0 atom stereocenters. The van der Waals surface area contributed by atoms with E-state index in [9.17, 15) is 4.79 Å². The van der Waals surface area contributed by atoms with Gasteiger partial charge in [0.05, 0.1) is 0 Å². The summed E-state index contributed by atoms with van der Waals surface area (Å²) in [4.78, 5) is 22.5. The van der Waals surface area contributed by atoms with Crippen LogP contribution in [-0.4, -0.2) is 41.6 Å². The predicted octanol–water partition coefficient (Wildman–Crippen LogP) is 1.63. The van der Waals surface area contributed by atoms with Crippen molar-refractivity contribution in [3.05, 3.63) is 11.4 Å². The third-order valence-electron chi connectivity index (χ3n) is 3.78. The molecule has 116 valence electrons. The van der Waals surface area contributed by atoms with Gasteiger partial charge in [0, 0.05) is 38.2 Å². The Balaban J connectivity index is 2.11. The van der Waals surface area contributed by atoms with E-state index in [1.165, 1.54) is 0 Å². The van der Waals surface area contributed by atoms with E-state index in [4.69, 9.17) is 0 Å². The maximum atomic E-state index is 11.1. The van der Waals surface area contributed by atoms with Crippen LogP contribution in [0.15, 0.2) is 0 Å². The summed E-state index contributed by atoms with van der Waals surface area (Å²) in [6, 6.07) is 0.287. The summed E-state index contributed by atoms with van der Waals surface area (Å²) in [7, 11) is 0. The first-order valence-electron chi connectivity index (χ1n) is 7.62. The van der Waals surface area contributed by atoms with E-state index in [-0.39, 0.29) is 11.9 Å². The van der Waals surface area contributed by atoms with Crippen LogP contribution in [0, 0.1) is 13.8 Å². The molecule has 2 rings (SSSR count). The number of nitrogens with zero attached hydrogens (tertiary/aromatic N) is 3. The van der Waals surface area contributed by atoms with Crippen LogP contribution >= 0.6 is 0 Å². The maximum Gasteiger partial charge on any atom is 0.217 e. The van der Waals surface area contributed by atoms with Gasteiger partial charge in [-0.1, -0.05) is 0 Å². The standard InChI is InChI=1S/C15H25N5O/c1-5-16-14-10(2)15(18-11(3)17-14)20-8-6-13(7-9-20)19-12(4)21/h13H,5-9H2,1-4H3,(H,19,21)(H,16,17,18). The summed E-state index contributed by atoms with van der Waals surface area (Å²) >= 11 is 0. The molecule has 1 aliphatic heterocycles. The molecule has 2 N–H and O–H groups in total. The van der Waals surface area contributed by atoms with Crippen molar-refractivity contribution in [2.24, 2.45) is 0 Å². The highest BCUT2D eigenvalue weighted by molar-refractivity contribution is 5.73. The van der Waals surface area contributed by atoms with Gasteiger partial charge in [-0.25, -0.2) is 9.97 Å². The first kappa shape index (κ1) is 15.5. The molecule has 0 bridgehead atoms. The van der Waals surface area contributed by atoms with E-state index in [0.29, 0.717) is 0 Å². The molecule has 0 aliphatic carbocycles. The summed E-state index contributed by atoms with van der Waals surface area (Å²) in [6.45, 7) is 10.3. The summed E-state index contributed by atoms with van der Waals surface area (Å²) in [5.74, 6) is 2.77. The van der Waals surface area contributed by atoms with Gasteiger partial charge in [-0.3, -0.25) is 4.79 Å². The van der Waals surface area contributed by atoms with Crippen LogP contribution in [0.3, 0.4) is 0 Å². The molecule has 1 fully saturated rings. The van der Waals surface area contributed by atoms with Crippen LogP contribution in [0.1, 0.15) is 38.1 Å². The van der Waals surface area contributed by atoms with E-state index >= 15 is 0 Å². The Morgan fingerprint density at radius 3 is 2.52 bits per heavy atom. The largest absolute Gasteiger partial charge is 0.370 e. The van der Waals surface area contributed by atoms with Crippen molar-refractivity contribution in [2.75, 3.05) is 29.9 Å². The van der Waals surface area contributed by atoms with Gasteiger partial charge in [-0.2, -0.15) is 0 Å². The molecule has 0 unspecified atom stereocenters. The van der Waals surface area contributed by atoms with Gasteiger partial charge in [0.25, 0.3) is 0 Å². The molecule has 6 heteroatoms. The van der Waals surface area contributed by atoms with Crippen LogP contribution in [0.25, 0.3) is 0 Å². The monoisotopic (exact) mass is 291 g/mol. The normalized spacial score (nSPS) is 15.9. The molecular weight excluding hydrogens is 266 g/mol. The second-order valence-electron chi connectivity index (χ2n) is 5.56.